The number of amides is 1. The first-order valence-corrected chi connectivity index (χ1v) is 7.21. The molecule has 1 amide bonds. The molecule has 2 N–H and O–H groups in total. The minimum atomic E-state index is 0.0127. The molecule has 1 aromatic carbocycles. The van der Waals surface area contributed by atoms with Crippen molar-refractivity contribution >= 4 is 27.5 Å². The average molecular weight is 332 g/mol. The SMILES string of the molecule is Nc1cc(C(=O)N2CCc3ncccc3C2)ccc1Br. The highest BCUT2D eigenvalue weighted by Crippen LogP contribution is 2.23. The van der Waals surface area contributed by atoms with Crippen LogP contribution in [0, 0.1) is 0 Å². The van der Waals surface area contributed by atoms with Crippen molar-refractivity contribution in [3.8, 4) is 0 Å². The molecule has 102 valence electrons. The number of nitrogens with zero attached hydrogens (tertiary/aromatic N) is 2. The van der Waals surface area contributed by atoms with E-state index in [4.69, 9.17) is 5.73 Å². The van der Waals surface area contributed by atoms with Crippen LogP contribution in [0.2, 0.25) is 0 Å². The number of aromatic nitrogens is 1. The van der Waals surface area contributed by atoms with Gasteiger partial charge in [-0.25, -0.2) is 0 Å². The van der Waals surface area contributed by atoms with E-state index in [0.717, 1.165) is 22.2 Å². The highest BCUT2D eigenvalue weighted by Gasteiger charge is 2.22. The third-order valence-electron chi connectivity index (χ3n) is 3.49. The van der Waals surface area contributed by atoms with Crippen molar-refractivity contribution in [2.24, 2.45) is 0 Å². The van der Waals surface area contributed by atoms with Gasteiger partial charge >= 0.3 is 0 Å². The molecule has 1 aliphatic heterocycles. The van der Waals surface area contributed by atoms with Crippen molar-refractivity contribution in [1.29, 1.82) is 0 Å². The number of nitrogens with two attached hydrogens (primary N) is 1. The van der Waals surface area contributed by atoms with E-state index in [1.54, 1.807) is 18.3 Å². The van der Waals surface area contributed by atoms with E-state index in [-0.39, 0.29) is 5.91 Å². The van der Waals surface area contributed by atoms with Gasteiger partial charge in [0.2, 0.25) is 0 Å². The molecule has 2 aromatic rings. The van der Waals surface area contributed by atoms with E-state index in [1.807, 2.05) is 23.1 Å². The van der Waals surface area contributed by atoms with Crippen molar-refractivity contribution in [2.75, 3.05) is 12.3 Å². The van der Waals surface area contributed by atoms with Crippen LogP contribution in [0.4, 0.5) is 5.69 Å². The van der Waals surface area contributed by atoms with Crippen molar-refractivity contribution in [3.63, 3.8) is 0 Å². The molecule has 5 heteroatoms. The van der Waals surface area contributed by atoms with Crippen LogP contribution in [0.3, 0.4) is 0 Å². The second-order valence-corrected chi connectivity index (χ2v) is 5.68. The number of rotatable bonds is 1. The fraction of sp³-hybridized carbons (Fsp3) is 0.200. The first-order valence-electron chi connectivity index (χ1n) is 6.42. The molecule has 0 aliphatic carbocycles. The zero-order valence-electron chi connectivity index (χ0n) is 10.8. The molecule has 0 unspecified atom stereocenters. The van der Waals surface area contributed by atoms with E-state index >= 15 is 0 Å². The molecule has 0 fully saturated rings. The molecule has 0 bridgehead atoms. The largest absolute Gasteiger partial charge is 0.398 e. The number of pyridine rings is 1. The molecule has 0 radical (unpaired) electrons. The van der Waals surface area contributed by atoms with Crippen LogP contribution in [0.5, 0.6) is 0 Å². The third-order valence-corrected chi connectivity index (χ3v) is 4.22. The highest BCUT2D eigenvalue weighted by molar-refractivity contribution is 9.10. The van der Waals surface area contributed by atoms with Gasteiger partial charge in [0.15, 0.2) is 0 Å². The molecule has 0 saturated carbocycles. The third kappa shape index (κ3) is 2.41. The van der Waals surface area contributed by atoms with E-state index < -0.39 is 0 Å². The van der Waals surface area contributed by atoms with Gasteiger partial charge in [-0.1, -0.05) is 6.07 Å². The normalized spacial score (nSPS) is 13.9. The lowest BCUT2D eigenvalue weighted by atomic mass is 10.0. The minimum Gasteiger partial charge on any atom is -0.398 e. The zero-order chi connectivity index (χ0) is 14.1. The number of hydrogen-bond donors (Lipinski definition) is 1. The number of carbonyl (C=O) groups excluding carboxylic acids is 1. The topological polar surface area (TPSA) is 59.2 Å². The van der Waals surface area contributed by atoms with Crippen LogP contribution in [0.1, 0.15) is 21.6 Å². The highest BCUT2D eigenvalue weighted by atomic mass is 79.9. The van der Waals surface area contributed by atoms with E-state index in [1.165, 1.54) is 0 Å². The standard InChI is InChI=1S/C15H14BrN3O/c16-12-4-3-10(8-13(12)17)15(20)19-7-5-14-11(9-19)2-1-6-18-14/h1-4,6,8H,5,7,9,17H2. The monoisotopic (exact) mass is 331 g/mol. The van der Waals surface area contributed by atoms with E-state index in [2.05, 4.69) is 20.9 Å². The maximum Gasteiger partial charge on any atom is 0.254 e. The summed E-state index contributed by atoms with van der Waals surface area (Å²) < 4.78 is 0.808. The molecule has 0 spiro atoms. The summed E-state index contributed by atoms with van der Waals surface area (Å²) >= 11 is 3.34. The smallest absolute Gasteiger partial charge is 0.254 e. The van der Waals surface area contributed by atoms with Gasteiger partial charge in [-0.15, -0.1) is 0 Å². The van der Waals surface area contributed by atoms with Crippen LogP contribution in [-0.4, -0.2) is 22.3 Å². The average Bonchev–Trinajstić information content (AvgIpc) is 2.49. The number of fused-ring (bicyclic) bond motifs is 1. The number of anilines is 1. The minimum absolute atomic E-state index is 0.0127. The number of benzene rings is 1. The molecular formula is C15H14BrN3O. The van der Waals surface area contributed by atoms with Gasteiger partial charge in [0.25, 0.3) is 5.91 Å². The summed E-state index contributed by atoms with van der Waals surface area (Å²) in [6, 6.07) is 9.25. The lowest BCUT2D eigenvalue weighted by Crippen LogP contribution is -2.36. The summed E-state index contributed by atoms with van der Waals surface area (Å²) in [6.45, 7) is 1.30. The fourth-order valence-electron chi connectivity index (χ4n) is 2.40. The maximum absolute atomic E-state index is 12.5. The summed E-state index contributed by atoms with van der Waals surface area (Å²) in [6.07, 6.45) is 2.60. The molecule has 2 heterocycles. The number of hydrogen-bond acceptors (Lipinski definition) is 3. The van der Waals surface area contributed by atoms with Crippen LogP contribution >= 0.6 is 15.9 Å². The van der Waals surface area contributed by atoms with Crippen LogP contribution < -0.4 is 5.73 Å². The van der Waals surface area contributed by atoms with Gasteiger partial charge in [0.1, 0.15) is 0 Å². The summed E-state index contributed by atoms with van der Waals surface area (Å²) in [5.74, 6) is 0.0127. The van der Waals surface area contributed by atoms with Gasteiger partial charge in [-0.05, 0) is 45.8 Å². The van der Waals surface area contributed by atoms with Gasteiger partial charge in [0.05, 0.1) is 0 Å². The van der Waals surface area contributed by atoms with Crippen molar-refractivity contribution in [2.45, 2.75) is 13.0 Å². The van der Waals surface area contributed by atoms with E-state index in [9.17, 15) is 4.79 Å². The molecule has 0 atom stereocenters. The number of halogens is 1. The van der Waals surface area contributed by atoms with Crippen LogP contribution in [0.15, 0.2) is 41.0 Å². The Morgan fingerprint density at radius 1 is 1.35 bits per heavy atom. The van der Waals surface area contributed by atoms with Gasteiger partial charge < -0.3 is 10.6 Å². The first kappa shape index (κ1) is 13.1. The second-order valence-electron chi connectivity index (χ2n) is 4.82. The Morgan fingerprint density at radius 2 is 2.20 bits per heavy atom. The quantitative estimate of drug-likeness (QED) is 0.817. The summed E-state index contributed by atoms with van der Waals surface area (Å²) in [5, 5.41) is 0. The molecule has 3 rings (SSSR count). The maximum atomic E-state index is 12.5. The Balaban J connectivity index is 1.84. The Hall–Kier alpha value is -1.88. The predicted octanol–water partition coefficient (Wildman–Crippen LogP) is 2.62. The van der Waals surface area contributed by atoms with Gasteiger partial charge in [-0.2, -0.15) is 0 Å². The fourth-order valence-corrected chi connectivity index (χ4v) is 2.65. The summed E-state index contributed by atoms with van der Waals surface area (Å²) in [5.41, 5.74) is 9.25. The predicted molar refractivity (Wildman–Crippen MR) is 81.2 cm³/mol. The van der Waals surface area contributed by atoms with Crippen LogP contribution in [-0.2, 0) is 13.0 Å². The van der Waals surface area contributed by atoms with Crippen LogP contribution in [0.25, 0.3) is 0 Å². The number of carbonyl (C=O) groups is 1. The Bertz CT molecular complexity index is 672. The van der Waals surface area contributed by atoms with Gasteiger partial charge in [0, 0.05) is 47.1 Å². The summed E-state index contributed by atoms with van der Waals surface area (Å²) in [4.78, 5) is 18.7. The molecule has 0 saturated heterocycles. The van der Waals surface area contributed by atoms with Crippen molar-refractivity contribution in [1.82, 2.24) is 9.88 Å². The summed E-state index contributed by atoms with van der Waals surface area (Å²) in [7, 11) is 0. The molecule has 4 nitrogen and oxygen atoms in total. The molecule has 1 aromatic heterocycles. The lowest BCUT2D eigenvalue weighted by Gasteiger charge is -2.28. The lowest BCUT2D eigenvalue weighted by molar-refractivity contribution is 0.0733. The van der Waals surface area contributed by atoms with Crippen molar-refractivity contribution < 1.29 is 4.79 Å². The Labute approximate surface area is 125 Å². The van der Waals surface area contributed by atoms with E-state index in [0.29, 0.717) is 24.3 Å². The van der Waals surface area contributed by atoms with Gasteiger partial charge in [-0.3, -0.25) is 9.78 Å². The molecule has 1 aliphatic rings. The van der Waals surface area contributed by atoms with Crippen molar-refractivity contribution in [3.05, 3.63) is 57.8 Å². The Kier molecular flexibility index (Phi) is 3.44. The number of nitrogen functional groups attached to an aromatic ring is 1. The molecular weight excluding hydrogens is 318 g/mol. The first-order chi connectivity index (χ1) is 9.65. The Morgan fingerprint density at radius 3 is 3.00 bits per heavy atom. The second kappa shape index (κ2) is 5.25. The molecule has 20 heavy (non-hydrogen) atoms. The zero-order valence-corrected chi connectivity index (χ0v) is 12.4.